The van der Waals surface area contributed by atoms with Crippen LogP contribution in [0.4, 0.5) is 0 Å². The molecule has 0 atom stereocenters. The van der Waals surface area contributed by atoms with Crippen LogP contribution >= 0.6 is 15.9 Å². The summed E-state index contributed by atoms with van der Waals surface area (Å²) in [5, 5.41) is 6.46. The fraction of sp³-hybridized carbons (Fsp3) is 0.450. The van der Waals surface area contributed by atoms with Crippen molar-refractivity contribution < 1.29 is 9.53 Å². The summed E-state index contributed by atoms with van der Waals surface area (Å²) >= 11 is 3.46. The molecule has 0 saturated heterocycles. The standard InChI is InChI=1S/C20H26BrN3O2/c1-5-26-17-7-6-13(9-16(17)21)19(25)23-15-8-14-11-24(4)12-20(2,3)18(14)22-10-15/h6-7,9-10,22H,5,8,11-12H2,1-4H3,(H,23,25). The minimum Gasteiger partial charge on any atom is -0.493 e. The molecular formula is C20H26BrN3O2. The van der Waals surface area contributed by atoms with Crippen LogP contribution in [0.15, 0.2) is 45.8 Å². The van der Waals surface area contributed by atoms with Gasteiger partial charge in [0.15, 0.2) is 0 Å². The summed E-state index contributed by atoms with van der Waals surface area (Å²) in [6, 6.07) is 5.39. The predicted octanol–water partition coefficient (Wildman–Crippen LogP) is 3.64. The van der Waals surface area contributed by atoms with Crippen molar-refractivity contribution in [3.8, 4) is 5.75 Å². The van der Waals surface area contributed by atoms with Crippen molar-refractivity contribution in [3.05, 3.63) is 51.4 Å². The van der Waals surface area contributed by atoms with E-state index in [0.29, 0.717) is 12.2 Å². The zero-order chi connectivity index (χ0) is 18.9. The highest BCUT2D eigenvalue weighted by Crippen LogP contribution is 2.36. The average Bonchev–Trinajstić information content (AvgIpc) is 2.55. The number of carbonyl (C=O) groups excluding carboxylic acids is 1. The summed E-state index contributed by atoms with van der Waals surface area (Å²) in [7, 11) is 2.14. The molecule has 1 aromatic carbocycles. The van der Waals surface area contributed by atoms with Crippen LogP contribution in [0.3, 0.4) is 0 Å². The number of halogens is 1. The summed E-state index contributed by atoms with van der Waals surface area (Å²) in [4.78, 5) is 14.9. The van der Waals surface area contributed by atoms with Gasteiger partial charge in [-0.2, -0.15) is 0 Å². The van der Waals surface area contributed by atoms with E-state index in [1.54, 1.807) is 12.1 Å². The zero-order valence-corrected chi connectivity index (χ0v) is 17.4. The van der Waals surface area contributed by atoms with Crippen molar-refractivity contribution in [1.82, 2.24) is 15.5 Å². The first kappa shape index (κ1) is 19.0. The number of hydrogen-bond donors (Lipinski definition) is 2. The highest BCUT2D eigenvalue weighted by atomic mass is 79.9. The Labute approximate surface area is 163 Å². The third-order valence-corrected chi connectivity index (χ3v) is 5.34. The Morgan fingerprint density at radius 2 is 2.19 bits per heavy atom. The van der Waals surface area contributed by atoms with Crippen LogP contribution in [-0.2, 0) is 0 Å². The molecule has 2 heterocycles. The van der Waals surface area contributed by atoms with Crippen LogP contribution in [0.5, 0.6) is 5.75 Å². The molecule has 26 heavy (non-hydrogen) atoms. The van der Waals surface area contributed by atoms with E-state index in [-0.39, 0.29) is 11.3 Å². The van der Waals surface area contributed by atoms with Gasteiger partial charge >= 0.3 is 0 Å². The lowest BCUT2D eigenvalue weighted by Crippen LogP contribution is -2.45. The van der Waals surface area contributed by atoms with Crippen LogP contribution in [0.25, 0.3) is 0 Å². The first-order valence-corrected chi connectivity index (χ1v) is 9.70. The van der Waals surface area contributed by atoms with E-state index < -0.39 is 0 Å². The predicted molar refractivity (Wildman–Crippen MR) is 107 cm³/mol. The largest absolute Gasteiger partial charge is 0.493 e. The zero-order valence-electron chi connectivity index (χ0n) is 15.8. The smallest absolute Gasteiger partial charge is 0.255 e. The Hall–Kier alpha value is -1.79. The average molecular weight is 420 g/mol. The van der Waals surface area contributed by atoms with Gasteiger partial charge in [-0.05, 0) is 53.7 Å². The van der Waals surface area contributed by atoms with Gasteiger partial charge in [0.2, 0.25) is 0 Å². The van der Waals surface area contributed by atoms with Gasteiger partial charge in [0.25, 0.3) is 5.91 Å². The number of dihydropyridines is 1. The van der Waals surface area contributed by atoms with Crippen molar-refractivity contribution in [3.63, 3.8) is 0 Å². The molecular weight excluding hydrogens is 394 g/mol. The molecule has 0 spiro atoms. The Morgan fingerprint density at radius 3 is 2.88 bits per heavy atom. The Bertz CT molecular complexity index is 783. The van der Waals surface area contributed by atoms with Gasteiger partial charge in [0, 0.05) is 48.1 Å². The van der Waals surface area contributed by atoms with E-state index in [2.05, 4.69) is 52.4 Å². The van der Waals surface area contributed by atoms with Crippen LogP contribution in [0.1, 0.15) is 37.6 Å². The number of rotatable bonds is 4. The minimum atomic E-state index is -0.116. The number of nitrogens with zero attached hydrogens (tertiary/aromatic N) is 1. The third-order valence-electron chi connectivity index (χ3n) is 4.72. The molecule has 2 aliphatic rings. The Balaban J connectivity index is 1.70. The molecule has 6 heteroatoms. The first-order chi connectivity index (χ1) is 12.3. The van der Waals surface area contributed by atoms with Crippen molar-refractivity contribution in [2.24, 2.45) is 5.41 Å². The normalized spacial score (nSPS) is 19.3. The molecule has 140 valence electrons. The van der Waals surface area contributed by atoms with Crippen LogP contribution in [0.2, 0.25) is 0 Å². The van der Waals surface area contributed by atoms with E-state index in [9.17, 15) is 4.79 Å². The van der Waals surface area contributed by atoms with Gasteiger partial charge in [0.05, 0.1) is 11.1 Å². The molecule has 0 radical (unpaired) electrons. The number of likely N-dealkylation sites (N-methyl/N-ethyl adjacent to an activating group) is 1. The summed E-state index contributed by atoms with van der Waals surface area (Å²) in [5.41, 5.74) is 4.22. The molecule has 0 aromatic heterocycles. The van der Waals surface area contributed by atoms with Crippen LogP contribution < -0.4 is 15.4 Å². The molecule has 0 bridgehead atoms. The lowest BCUT2D eigenvalue weighted by atomic mass is 9.80. The van der Waals surface area contributed by atoms with E-state index in [4.69, 9.17) is 4.74 Å². The molecule has 1 aromatic rings. The Kier molecular flexibility index (Phi) is 5.44. The molecule has 0 saturated carbocycles. The molecule has 0 unspecified atom stereocenters. The summed E-state index contributed by atoms with van der Waals surface area (Å²) in [6.07, 6.45) is 2.69. The molecule has 2 N–H and O–H groups in total. The van der Waals surface area contributed by atoms with Gasteiger partial charge in [-0.15, -0.1) is 0 Å². The molecule has 2 aliphatic heterocycles. The fourth-order valence-corrected chi connectivity index (χ4v) is 4.28. The van der Waals surface area contributed by atoms with Gasteiger partial charge in [-0.25, -0.2) is 0 Å². The maximum Gasteiger partial charge on any atom is 0.255 e. The van der Waals surface area contributed by atoms with E-state index >= 15 is 0 Å². The quantitative estimate of drug-likeness (QED) is 0.781. The maximum atomic E-state index is 12.6. The van der Waals surface area contributed by atoms with Crippen molar-refractivity contribution in [1.29, 1.82) is 0 Å². The maximum absolute atomic E-state index is 12.6. The summed E-state index contributed by atoms with van der Waals surface area (Å²) in [5.74, 6) is 0.624. The Morgan fingerprint density at radius 1 is 1.42 bits per heavy atom. The molecule has 3 rings (SSSR count). The summed E-state index contributed by atoms with van der Waals surface area (Å²) < 4.78 is 6.28. The molecule has 0 aliphatic carbocycles. The van der Waals surface area contributed by atoms with Crippen molar-refractivity contribution in [2.45, 2.75) is 27.2 Å². The molecule has 0 fully saturated rings. The number of hydrogen-bond acceptors (Lipinski definition) is 4. The highest BCUT2D eigenvalue weighted by Gasteiger charge is 2.34. The monoisotopic (exact) mass is 419 g/mol. The number of allylic oxidation sites excluding steroid dienone is 1. The SMILES string of the molecule is CCOc1ccc(C(=O)NC2=CNC3=C(C2)CN(C)CC3(C)C)cc1Br. The lowest BCUT2D eigenvalue weighted by molar-refractivity contribution is 0.0964. The summed E-state index contributed by atoms with van der Waals surface area (Å²) in [6.45, 7) is 8.97. The topological polar surface area (TPSA) is 53.6 Å². The van der Waals surface area contributed by atoms with Crippen molar-refractivity contribution >= 4 is 21.8 Å². The minimum absolute atomic E-state index is 0.0916. The number of nitrogens with one attached hydrogen (secondary N) is 2. The second kappa shape index (κ2) is 7.45. The highest BCUT2D eigenvalue weighted by molar-refractivity contribution is 9.10. The number of carbonyl (C=O) groups is 1. The molecule has 1 amide bonds. The first-order valence-electron chi connectivity index (χ1n) is 8.90. The second-order valence-corrected chi connectivity index (χ2v) is 8.41. The van der Waals surface area contributed by atoms with Gasteiger partial charge in [-0.3, -0.25) is 4.79 Å². The van der Waals surface area contributed by atoms with E-state index in [0.717, 1.165) is 35.4 Å². The van der Waals surface area contributed by atoms with E-state index in [1.165, 1.54) is 11.3 Å². The second-order valence-electron chi connectivity index (χ2n) is 7.56. The number of amides is 1. The van der Waals surface area contributed by atoms with Gasteiger partial charge in [0.1, 0.15) is 5.75 Å². The third kappa shape index (κ3) is 3.96. The van der Waals surface area contributed by atoms with Crippen LogP contribution in [0, 0.1) is 5.41 Å². The number of benzene rings is 1. The lowest BCUT2D eigenvalue weighted by Gasteiger charge is -2.42. The molecule has 5 nitrogen and oxygen atoms in total. The van der Waals surface area contributed by atoms with Gasteiger partial charge in [-0.1, -0.05) is 13.8 Å². The van der Waals surface area contributed by atoms with E-state index in [1.807, 2.05) is 19.2 Å². The van der Waals surface area contributed by atoms with Crippen LogP contribution in [-0.4, -0.2) is 37.6 Å². The van der Waals surface area contributed by atoms with Gasteiger partial charge < -0.3 is 20.3 Å². The number of ether oxygens (including phenoxy) is 1. The van der Waals surface area contributed by atoms with Crippen molar-refractivity contribution in [2.75, 3.05) is 26.7 Å². The fourth-order valence-electron chi connectivity index (χ4n) is 3.79.